The van der Waals surface area contributed by atoms with Crippen LogP contribution in [0.5, 0.6) is 0 Å². The molecule has 0 fully saturated rings. The zero-order chi connectivity index (χ0) is 11.5. The van der Waals surface area contributed by atoms with Gasteiger partial charge in [-0.3, -0.25) is 0 Å². The van der Waals surface area contributed by atoms with Gasteiger partial charge < -0.3 is 5.32 Å². The molecule has 0 bridgehead atoms. The van der Waals surface area contributed by atoms with Gasteiger partial charge in [-0.25, -0.2) is 9.50 Å². The number of rotatable bonds is 4. The smallest absolute Gasteiger partial charge is 0.171 e. The van der Waals surface area contributed by atoms with E-state index in [2.05, 4.69) is 44.5 Å². The van der Waals surface area contributed by atoms with E-state index in [4.69, 9.17) is 0 Å². The molecule has 1 unspecified atom stereocenters. The molecule has 0 aliphatic rings. The quantitative estimate of drug-likeness (QED) is 0.943. The molecule has 2 aromatic heterocycles. The molecule has 86 valence electrons. The Kier molecular flexibility index (Phi) is 3.70. The Morgan fingerprint density at radius 3 is 3.19 bits per heavy atom. The molecule has 0 aromatic carbocycles. The fraction of sp³-hybridized carbons (Fsp3) is 0.400. The van der Waals surface area contributed by atoms with Crippen LogP contribution in [0.3, 0.4) is 0 Å². The summed E-state index contributed by atoms with van der Waals surface area (Å²) < 4.78 is 2.66. The number of aromatic nitrogens is 3. The average Bonchev–Trinajstić information content (AvgIpc) is 2.61. The molecule has 16 heavy (non-hydrogen) atoms. The molecule has 6 heteroatoms. The lowest BCUT2D eigenvalue weighted by Crippen LogP contribution is -2.18. The first kappa shape index (κ1) is 11.7. The third-order valence-corrected chi connectivity index (χ3v) is 3.53. The summed E-state index contributed by atoms with van der Waals surface area (Å²) in [6.45, 7) is 2.15. The Labute approximate surface area is 107 Å². The minimum absolute atomic E-state index is 0.409. The van der Waals surface area contributed by atoms with Gasteiger partial charge in [0.25, 0.3) is 0 Å². The van der Waals surface area contributed by atoms with Crippen LogP contribution in [0.25, 0.3) is 5.65 Å². The van der Waals surface area contributed by atoms with Crippen LogP contribution in [-0.4, -0.2) is 32.6 Å². The van der Waals surface area contributed by atoms with E-state index in [-0.39, 0.29) is 0 Å². The van der Waals surface area contributed by atoms with E-state index in [1.54, 1.807) is 10.7 Å². The topological polar surface area (TPSA) is 42.2 Å². The third-order valence-electron chi connectivity index (χ3n) is 2.14. The highest BCUT2D eigenvalue weighted by Gasteiger charge is 2.06. The number of nitrogens with zero attached hydrogens (tertiary/aromatic N) is 3. The predicted molar refractivity (Wildman–Crippen MR) is 72.2 cm³/mol. The number of fused-ring (bicyclic) bond motifs is 1. The van der Waals surface area contributed by atoms with Gasteiger partial charge in [0.2, 0.25) is 0 Å². The molecule has 2 rings (SSSR count). The Morgan fingerprint density at radius 1 is 1.62 bits per heavy atom. The van der Waals surface area contributed by atoms with Gasteiger partial charge in [-0.15, -0.1) is 0 Å². The van der Waals surface area contributed by atoms with E-state index in [1.165, 1.54) is 0 Å². The normalized spacial score (nSPS) is 12.9. The summed E-state index contributed by atoms with van der Waals surface area (Å²) in [5.41, 5.74) is 0.835. The fourth-order valence-corrected chi connectivity index (χ4v) is 2.41. The molecule has 0 spiro atoms. The Bertz CT molecular complexity index is 485. The number of thioether (sulfide) groups is 1. The summed E-state index contributed by atoms with van der Waals surface area (Å²) in [6, 6.07) is 2.34. The first-order chi connectivity index (χ1) is 7.70. The highest BCUT2D eigenvalue weighted by Crippen LogP contribution is 2.17. The molecule has 4 nitrogen and oxygen atoms in total. The van der Waals surface area contributed by atoms with Crippen molar-refractivity contribution in [3.63, 3.8) is 0 Å². The van der Waals surface area contributed by atoms with Crippen LogP contribution in [0.4, 0.5) is 5.82 Å². The molecule has 0 radical (unpaired) electrons. The lowest BCUT2D eigenvalue weighted by atomic mass is 10.4. The molecule has 0 saturated heterocycles. The van der Waals surface area contributed by atoms with Crippen LogP contribution in [0, 0.1) is 0 Å². The van der Waals surface area contributed by atoms with Crippen molar-refractivity contribution >= 4 is 39.2 Å². The van der Waals surface area contributed by atoms with Gasteiger partial charge in [0.05, 0.1) is 10.7 Å². The van der Waals surface area contributed by atoms with Crippen LogP contribution >= 0.6 is 27.7 Å². The second-order valence-electron chi connectivity index (χ2n) is 3.57. The highest BCUT2D eigenvalue weighted by molar-refractivity contribution is 9.10. The highest BCUT2D eigenvalue weighted by atomic mass is 79.9. The molecule has 0 aliphatic heterocycles. The largest absolute Gasteiger partial charge is 0.367 e. The molecule has 1 N–H and O–H groups in total. The summed E-state index contributed by atoms with van der Waals surface area (Å²) >= 11 is 5.24. The summed E-state index contributed by atoms with van der Waals surface area (Å²) in [5.74, 6) is 1.95. The monoisotopic (exact) mass is 300 g/mol. The van der Waals surface area contributed by atoms with E-state index in [1.807, 2.05) is 24.0 Å². The summed E-state index contributed by atoms with van der Waals surface area (Å²) in [5, 5.41) is 7.51. The van der Waals surface area contributed by atoms with Gasteiger partial charge in [0, 0.05) is 18.0 Å². The van der Waals surface area contributed by atoms with E-state index in [0.717, 1.165) is 21.7 Å². The van der Waals surface area contributed by atoms with Crippen molar-refractivity contribution in [2.75, 3.05) is 17.3 Å². The SMILES string of the molecule is CSCC(C)Nc1ccn2ncc(Br)c2n1. The number of nitrogens with one attached hydrogen (secondary N) is 1. The maximum Gasteiger partial charge on any atom is 0.171 e. The molecule has 1 atom stereocenters. The fourth-order valence-electron chi connectivity index (χ4n) is 1.47. The van der Waals surface area contributed by atoms with Gasteiger partial charge in [-0.05, 0) is 35.2 Å². The van der Waals surface area contributed by atoms with Crippen molar-refractivity contribution in [1.29, 1.82) is 0 Å². The second-order valence-corrected chi connectivity index (χ2v) is 5.34. The van der Waals surface area contributed by atoms with Gasteiger partial charge in [-0.1, -0.05) is 0 Å². The zero-order valence-electron chi connectivity index (χ0n) is 9.14. The minimum atomic E-state index is 0.409. The van der Waals surface area contributed by atoms with Crippen molar-refractivity contribution < 1.29 is 0 Å². The molecular weight excluding hydrogens is 288 g/mol. The summed E-state index contributed by atoms with van der Waals surface area (Å²) in [4.78, 5) is 4.49. The van der Waals surface area contributed by atoms with Crippen LogP contribution in [0.2, 0.25) is 0 Å². The Morgan fingerprint density at radius 2 is 2.44 bits per heavy atom. The molecule has 2 aromatic rings. The molecule has 2 heterocycles. The molecule has 0 saturated carbocycles. The number of halogens is 1. The van der Waals surface area contributed by atoms with Crippen LogP contribution in [0.15, 0.2) is 22.9 Å². The lowest BCUT2D eigenvalue weighted by molar-refractivity contribution is 0.890. The van der Waals surface area contributed by atoms with Crippen molar-refractivity contribution in [1.82, 2.24) is 14.6 Å². The van der Waals surface area contributed by atoms with Crippen molar-refractivity contribution in [3.8, 4) is 0 Å². The van der Waals surface area contributed by atoms with Crippen molar-refractivity contribution in [3.05, 3.63) is 22.9 Å². The summed E-state index contributed by atoms with van der Waals surface area (Å²) in [7, 11) is 0. The van der Waals surface area contributed by atoms with Gasteiger partial charge >= 0.3 is 0 Å². The average molecular weight is 301 g/mol. The lowest BCUT2D eigenvalue weighted by Gasteiger charge is -2.12. The number of hydrogen-bond acceptors (Lipinski definition) is 4. The Balaban J connectivity index is 2.21. The van der Waals surface area contributed by atoms with Crippen LogP contribution < -0.4 is 5.32 Å². The molecular formula is C10H13BrN4S. The number of anilines is 1. The predicted octanol–water partition coefficient (Wildman–Crippen LogP) is 2.66. The van der Waals surface area contributed by atoms with E-state index in [9.17, 15) is 0 Å². The van der Waals surface area contributed by atoms with E-state index in [0.29, 0.717) is 6.04 Å². The minimum Gasteiger partial charge on any atom is -0.367 e. The van der Waals surface area contributed by atoms with Crippen LogP contribution in [0.1, 0.15) is 6.92 Å². The van der Waals surface area contributed by atoms with E-state index >= 15 is 0 Å². The maximum absolute atomic E-state index is 4.49. The van der Waals surface area contributed by atoms with Crippen molar-refractivity contribution in [2.45, 2.75) is 13.0 Å². The third kappa shape index (κ3) is 2.49. The van der Waals surface area contributed by atoms with Gasteiger partial charge in [0.1, 0.15) is 5.82 Å². The second kappa shape index (κ2) is 5.05. The first-order valence-corrected chi connectivity index (χ1v) is 7.14. The van der Waals surface area contributed by atoms with Crippen molar-refractivity contribution in [2.24, 2.45) is 0 Å². The Hall–Kier alpha value is -0.750. The van der Waals surface area contributed by atoms with E-state index < -0.39 is 0 Å². The number of hydrogen-bond donors (Lipinski definition) is 1. The maximum atomic E-state index is 4.49. The zero-order valence-corrected chi connectivity index (χ0v) is 11.5. The first-order valence-electron chi connectivity index (χ1n) is 4.96. The summed E-state index contributed by atoms with van der Waals surface area (Å²) in [6.07, 6.45) is 5.75. The van der Waals surface area contributed by atoms with Gasteiger partial charge in [-0.2, -0.15) is 16.9 Å². The standard InChI is InChI=1S/C10H13BrN4S/c1-7(6-16-2)13-9-3-4-15-10(14-9)8(11)5-12-15/h3-5,7H,6H2,1-2H3,(H,13,14). The van der Waals surface area contributed by atoms with Gasteiger partial charge in [0.15, 0.2) is 5.65 Å². The van der Waals surface area contributed by atoms with Crippen LogP contribution in [-0.2, 0) is 0 Å². The molecule has 0 amide bonds. The molecule has 0 aliphatic carbocycles.